The van der Waals surface area contributed by atoms with Crippen LogP contribution < -0.4 is 5.32 Å². The van der Waals surface area contributed by atoms with Crippen molar-refractivity contribution in [2.45, 2.75) is 13.5 Å². The summed E-state index contributed by atoms with van der Waals surface area (Å²) < 4.78 is 2.18. The summed E-state index contributed by atoms with van der Waals surface area (Å²) in [5, 5.41) is 7.73. The second kappa shape index (κ2) is 6.35. The third kappa shape index (κ3) is 3.11. The number of halogens is 4. The molecule has 1 amide bonds. The van der Waals surface area contributed by atoms with Gasteiger partial charge in [0.25, 0.3) is 5.91 Å². The van der Waals surface area contributed by atoms with Gasteiger partial charge in [0, 0.05) is 6.54 Å². The van der Waals surface area contributed by atoms with Gasteiger partial charge < -0.3 is 5.32 Å². The first-order valence-corrected chi connectivity index (χ1v) is 7.54. The fraction of sp³-hybridized carbons (Fsp3) is 0.167. The fourth-order valence-corrected chi connectivity index (χ4v) is 2.70. The second-order valence-electron chi connectivity index (χ2n) is 3.86. The summed E-state index contributed by atoms with van der Waals surface area (Å²) in [7, 11) is 0. The topological polar surface area (TPSA) is 46.9 Å². The number of anilines is 1. The number of carbonyl (C=O) groups is 1. The zero-order chi connectivity index (χ0) is 14.9. The van der Waals surface area contributed by atoms with E-state index < -0.39 is 0 Å². The summed E-state index contributed by atoms with van der Waals surface area (Å²) in [4.78, 5) is 12.3. The van der Waals surface area contributed by atoms with Crippen molar-refractivity contribution in [1.82, 2.24) is 9.78 Å². The van der Waals surface area contributed by atoms with Gasteiger partial charge in [-0.1, -0.05) is 34.8 Å². The SMILES string of the molecule is CCn1ncc(Br)c1C(=O)Nc1cc(Cl)c(Cl)cc1Cl. The Kier molecular flexibility index (Phi) is 4.96. The maximum Gasteiger partial charge on any atom is 0.275 e. The van der Waals surface area contributed by atoms with Crippen molar-refractivity contribution in [1.29, 1.82) is 0 Å². The lowest BCUT2D eigenvalue weighted by atomic mass is 10.3. The average molecular weight is 397 g/mol. The zero-order valence-electron chi connectivity index (χ0n) is 10.3. The van der Waals surface area contributed by atoms with Crippen LogP contribution in [-0.4, -0.2) is 15.7 Å². The fourth-order valence-electron chi connectivity index (χ4n) is 1.63. The van der Waals surface area contributed by atoms with Crippen LogP contribution in [0.4, 0.5) is 5.69 Å². The molecule has 0 saturated heterocycles. The summed E-state index contributed by atoms with van der Waals surface area (Å²) in [6.45, 7) is 2.46. The molecule has 2 rings (SSSR count). The molecule has 2 aromatic rings. The minimum Gasteiger partial charge on any atom is -0.319 e. The molecule has 0 unspecified atom stereocenters. The Balaban J connectivity index is 2.33. The molecule has 0 atom stereocenters. The van der Waals surface area contributed by atoms with Crippen LogP contribution in [0.25, 0.3) is 0 Å². The molecule has 0 aliphatic rings. The molecular formula is C12H9BrCl3N3O. The summed E-state index contributed by atoms with van der Waals surface area (Å²) in [5.41, 5.74) is 0.802. The molecule has 4 nitrogen and oxygen atoms in total. The number of hydrogen-bond donors (Lipinski definition) is 1. The van der Waals surface area contributed by atoms with Crippen molar-refractivity contribution in [2.75, 3.05) is 5.32 Å². The Bertz CT molecular complexity index is 672. The number of rotatable bonds is 3. The third-order valence-corrected chi connectivity index (χ3v) is 4.18. The quantitative estimate of drug-likeness (QED) is 0.751. The normalized spacial score (nSPS) is 10.7. The highest BCUT2D eigenvalue weighted by Gasteiger charge is 2.18. The van der Waals surface area contributed by atoms with Crippen molar-refractivity contribution < 1.29 is 4.79 Å². The summed E-state index contributed by atoms with van der Waals surface area (Å²) in [6, 6.07) is 2.98. The molecule has 0 fully saturated rings. The van der Waals surface area contributed by atoms with E-state index in [4.69, 9.17) is 34.8 Å². The molecule has 1 aromatic heterocycles. The predicted molar refractivity (Wildman–Crippen MR) is 85.0 cm³/mol. The van der Waals surface area contributed by atoms with Gasteiger partial charge in [-0.25, -0.2) is 0 Å². The number of hydrogen-bond acceptors (Lipinski definition) is 2. The van der Waals surface area contributed by atoms with Gasteiger partial charge in [-0.15, -0.1) is 0 Å². The van der Waals surface area contributed by atoms with Crippen molar-refractivity contribution >= 4 is 62.3 Å². The van der Waals surface area contributed by atoms with E-state index in [0.29, 0.717) is 37.5 Å². The minimum absolute atomic E-state index is 0.312. The average Bonchev–Trinajstić information content (AvgIpc) is 2.77. The summed E-state index contributed by atoms with van der Waals surface area (Å²) >= 11 is 21.1. The standard InChI is InChI=1S/C12H9BrCl3N3O/c1-2-19-11(6(13)5-17-19)12(20)18-10-4-8(15)7(14)3-9(10)16/h3-5H,2H2,1H3,(H,18,20). The van der Waals surface area contributed by atoms with Crippen molar-refractivity contribution in [2.24, 2.45) is 0 Å². The van der Waals surface area contributed by atoms with Gasteiger partial charge in [0.15, 0.2) is 0 Å². The lowest BCUT2D eigenvalue weighted by Crippen LogP contribution is -2.18. The van der Waals surface area contributed by atoms with E-state index in [0.717, 1.165) is 0 Å². The molecule has 0 bridgehead atoms. The number of nitrogens with zero attached hydrogens (tertiary/aromatic N) is 2. The van der Waals surface area contributed by atoms with Crippen LogP contribution in [0.15, 0.2) is 22.8 Å². The van der Waals surface area contributed by atoms with Gasteiger partial charge in [0.1, 0.15) is 5.69 Å². The van der Waals surface area contributed by atoms with Crippen LogP contribution in [-0.2, 0) is 6.54 Å². The van der Waals surface area contributed by atoms with E-state index >= 15 is 0 Å². The van der Waals surface area contributed by atoms with Crippen LogP contribution in [0.1, 0.15) is 17.4 Å². The predicted octanol–water partition coefficient (Wildman–Crippen LogP) is 4.88. The maximum absolute atomic E-state index is 12.3. The Labute approximate surface area is 139 Å². The Morgan fingerprint density at radius 2 is 1.95 bits per heavy atom. The Morgan fingerprint density at radius 1 is 1.30 bits per heavy atom. The molecule has 1 N–H and O–H groups in total. The molecule has 0 aliphatic carbocycles. The van der Waals surface area contributed by atoms with Crippen molar-refractivity contribution in [3.05, 3.63) is 43.6 Å². The molecule has 0 spiro atoms. The molecule has 0 aliphatic heterocycles. The number of benzene rings is 1. The molecule has 8 heteroatoms. The monoisotopic (exact) mass is 395 g/mol. The number of carbonyl (C=O) groups excluding carboxylic acids is 1. The molecule has 1 heterocycles. The van der Waals surface area contributed by atoms with Gasteiger partial charge in [-0.3, -0.25) is 9.48 Å². The first-order chi connectivity index (χ1) is 9.43. The van der Waals surface area contributed by atoms with Crippen molar-refractivity contribution in [3.8, 4) is 0 Å². The molecule has 0 radical (unpaired) electrons. The number of aryl methyl sites for hydroxylation is 1. The first kappa shape index (κ1) is 15.6. The van der Waals surface area contributed by atoms with E-state index in [1.54, 1.807) is 10.9 Å². The third-order valence-electron chi connectivity index (χ3n) is 2.57. The minimum atomic E-state index is -0.337. The number of amides is 1. The Morgan fingerprint density at radius 3 is 2.60 bits per heavy atom. The highest BCUT2D eigenvalue weighted by molar-refractivity contribution is 9.10. The maximum atomic E-state index is 12.3. The summed E-state index contributed by atoms with van der Waals surface area (Å²) in [6.07, 6.45) is 1.56. The van der Waals surface area contributed by atoms with Gasteiger partial charge in [-0.2, -0.15) is 5.10 Å². The first-order valence-electron chi connectivity index (χ1n) is 5.61. The van der Waals surface area contributed by atoms with E-state index in [9.17, 15) is 4.79 Å². The van der Waals surface area contributed by atoms with Crippen LogP contribution in [0, 0.1) is 0 Å². The summed E-state index contributed by atoms with van der Waals surface area (Å²) in [5.74, 6) is -0.337. The van der Waals surface area contributed by atoms with Crippen LogP contribution in [0.3, 0.4) is 0 Å². The molecule has 0 saturated carbocycles. The largest absolute Gasteiger partial charge is 0.319 e. The number of nitrogens with one attached hydrogen (secondary N) is 1. The molecular weight excluding hydrogens is 388 g/mol. The smallest absolute Gasteiger partial charge is 0.275 e. The molecule has 106 valence electrons. The van der Waals surface area contributed by atoms with Gasteiger partial charge in [-0.05, 0) is 35.0 Å². The molecule has 1 aromatic carbocycles. The highest BCUT2D eigenvalue weighted by atomic mass is 79.9. The van der Waals surface area contributed by atoms with E-state index in [-0.39, 0.29) is 5.91 Å². The highest BCUT2D eigenvalue weighted by Crippen LogP contribution is 2.32. The zero-order valence-corrected chi connectivity index (χ0v) is 14.1. The van der Waals surface area contributed by atoms with Crippen LogP contribution in [0.2, 0.25) is 15.1 Å². The van der Waals surface area contributed by atoms with Gasteiger partial charge in [0.2, 0.25) is 0 Å². The van der Waals surface area contributed by atoms with Gasteiger partial charge in [0.05, 0.1) is 31.4 Å². The lowest BCUT2D eigenvalue weighted by molar-refractivity contribution is 0.101. The Hall–Kier alpha value is -0.750. The van der Waals surface area contributed by atoms with E-state index in [2.05, 4.69) is 26.3 Å². The van der Waals surface area contributed by atoms with E-state index in [1.165, 1.54) is 12.1 Å². The van der Waals surface area contributed by atoms with Crippen LogP contribution in [0.5, 0.6) is 0 Å². The number of aromatic nitrogens is 2. The van der Waals surface area contributed by atoms with Crippen molar-refractivity contribution in [3.63, 3.8) is 0 Å². The molecule has 20 heavy (non-hydrogen) atoms. The van der Waals surface area contributed by atoms with E-state index in [1.807, 2.05) is 6.92 Å². The van der Waals surface area contributed by atoms with Gasteiger partial charge >= 0.3 is 0 Å². The second-order valence-corrected chi connectivity index (χ2v) is 5.93. The van der Waals surface area contributed by atoms with Crippen LogP contribution >= 0.6 is 50.7 Å². The lowest BCUT2D eigenvalue weighted by Gasteiger charge is -2.10.